The van der Waals surface area contributed by atoms with Crippen molar-refractivity contribution in [3.8, 4) is 0 Å². The summed E-state index contributed by atoms with van der Waals surface area (Å²) in [6.07, 6.45) is 6.96. The number of ether oxygens (including phenoxy) is 1. The summed E-state index contributed by atoms with van der Waals surface area (Å²) in [5, 5.41) is 5.96. The first-order valence-corrected chi connectivity index (χ1v) is 10.0. The van der Waals surface area contributed by atoms with E-state index in [4.69, 9.17) is 4.74 Å². The number of nitrogens with one attached hydrogen (secondary N) is 2. The second-order valence-electron chi connectivity index (χ2n) is 7.91. The van der Waals surface area contributed by atoms with Crippen molar-refractivity contribution in [2.75, 3.05) is 26.8 Å². The van der Waals surface area contributed by atoms with Gasteiger partial charge in [-0.15, -0.1) is 0 Å². The summed E-state index contributed by atoms with van der Waals surface area (Å²) in [6, 6.07) is 3.53. The molecule has 0 bridgehead atoms. The highest BCUT2D eigenvalue weighted by Crippen LogP contribution is 2.38. The maximum Gasteiger partial charge on any atom is 0.252 e. The van der Waals surface area contributed by atoms with Gasteiger partial charge in [0.2, 0.25) is 5.91 Å². The molecule has 0 aromatic carbocycles. The molecule has 3 unspecified atom stereocenters. The van der Waals surface area contributed by atoms with Crippen molar-refractivity contribution in [2.24, 2.45) is 23.7 Å². The predicted molar refractivity (Wildman–Crippen MR) is 110 cm³/mol. The minimum atomic E-state index is -0.0960. The first kappa shape index (κ1) is 22.1. The Hall–Kier alpha value is -2.21. The first-order valence-electron chi connectivity index (χ1n) is 10.0. The summed E-state index contributed by atoms with van der Waals surface area (Å²) in [7, 11) is 1.63. The van der Waals surface area contributed by atoms with Crippen LogP contribution in [0.1, 0.15) is 44.0 Å². The van der Waals surface area contributed by atoms with E-state index in [0.717, 1.165) is 6.42 Å². The Balaban J connectivity index is 1.97. The third kappa shape index (κ3) is 6.44. The standard InChI is InChI=1S/C22H33N3O3/c1-15(2)20-11-18(12-21(26)24-8-9-28-4)16(3)10-19(20)14-25-22(27)17-6-5-7-23-13-17/h5-7,10,13,15,18-20H,8-9,11-12,14H2,1-4H3,(H,24,26)(H,25,27). The third-order valence-electron chi connectivity index (χ3n) is 5.57. The fraction of sp³-hybridized carbons (Fsp3) is 0.591. The van der Waals surface area contributed by atoms with Crippen LogP contribution in [0.15, 0.2) is 36.2 Å². The van der Waals surface area contributed by atoms with Crippen molar-refractivity contribution >= 4 is 11.8 Å². The zero-order chi connectivity index (χ0) is 20.5. The Kier molecular flexibility index (Phi) is 8.64. The number of methoxy groups -OCH3 is 1. The van der Waals surface area contributed by atoms with E-state index >= 15 is 0 Å². The van der Waals surface area contributed by atoms with Crippen LogP contribution in [0.25, 0.3) is 0 Å². The van der Waals surface area contributed by atoms with Crippen LogP contribution in [0.5, 0.6) is 0 Å². The van der Waals surface area contributed by atoms with E-state index in [1.165, 1.54) is 5.57 Å². The van der Waals surface area contributed by atoms with Crippen molar-refractivity contribution in [2.45, 2.75) is 33.6 Å². The van der Waals surface area contributed by atoms with Gasteiger partial charge < -0.3 is 15.4 Å². The number of hydrogen-bond acceptors (Lipinski definition) is 4. The summed E-state index contributed by atoms with van der Waals surface area (Å²) < 4.78 is 4.98. The van der Waals surface area contributed by atoms with Crippen LogP contribution in [-0.2, 0) is 9.53 Å². The number of aromatic nitrogens is 1. The van der Waals surface area contributed by atoms with Gasteiger partial charge in [-0.2, -0.15) is 0 Å². The normalized spacial score (nSPS) is 21.9. The largest absolute Gasteiger partial charge is 0.383 e. The molecule has 0 saturated heterocycles. The van der Waals surface area contributed by atoms with Crippen molar-refractivity contribution < 1.29 is 14.3 Å². The summed E-state index contributed by atoms with van der Waals surface area (Å²) in [5.41, 5.74) is 1.81. The smallest absolute Gasteiger partial charge is 0.252 e. The molecule has 154 valence electrons. The number of rotatable bonds is 9. The number of hydrogen-bond donors (Lipinski definition) is 2. The Morgan fingerprint density at radius 1 is 1.32 bits per heavy atom. The molecule has 1 heterocycles. The molecule has 1 aliphatic rings. The number of carbonyl (C=O) groups is 2. The Labute approximate surface area is 168 Å². The van der Waals surface area contributed by atoms with E-state index in [1.807, 2.05) is 0 Å². The molecule has 1 aromatic rings. The Bertz CT molecular complexity index is 673. The van der Waals surface area contributed by atoms with Crippen LogP contribution in [0.2, 0.25) is 0 Å². The van der Waals surface area contributed by atoms with Crippen molar-refractivity contribution in [1.29, 1.82) is 0 Å². The molecular formula is C22H33N3O3. The molecule has 2 N–H and O–H groups in total. The molecule has 28 heavy (non-hydrogen) atoms. The third-order valence-corrected chi connectivity index (χ3v) is 5.57. The zero-order valence-corrected chi connectivity index (χ0v) is 17.4. The number of pyridine rings is 1. The average Bonchev–Trinajstić information content (AvgIpc) is 2.68. The molecule has 6 nitrogen and oxygen atoms in total. The van der Waals surface area contributed by atoms with Crippen molar-refractivity contribution in [3.63, 3.8) is 0 Å². The van der Waals surface area contributed by atoms with Crippen molar-refractivity contribution in [1.82, 2.24) is 15.6 Å². The molecule has 1 aliphatic carbocycles. The van der Waals surface area contributed by atoms with Gasteiger partial charge in [0.25, 0.3) is 5.91 Å². The van der Waals surface area contributed by atoms with Crippen LogP contribution < -0.4 is 10.6 Å². The molecule has 3 atom stereocenters. The van der Waals surface area contributed by atoms with Crippen LogP contribution in [0.3, 0.4) is 0 Å². The lowest BCUT2D eigenvalue weighted by atomic mass is 9.69. The van der Waals surface area contributed by atoms with E-state index in [1.54, 1.807) is 31.6 Å². The molecule has 6 heteroatoms. The second-order valence-corrected chi connectivity index (χ2v) is 7.91. The minimum Gasteiger partial charge on any atom is -0.383 e. The summed E-state index contributed by atoms with van der Waals surface area (Å²) in [6.45, 7) is 8.19. The quantitative estimate of drug-likeness (QED) is 0.504. The van der Waals surface area contributed by atoms with Gasteiger partial charge in [0.15, 0.2) is 0 Å². The van der Waals surface area contributed by atoms with Gasteiger partial charge in [-0.05, 0) is 49.1 Å². The first-order chi connectivity index (χ1) is 13.4. The van der Waals surface area contributed by atoms with Crippen molar-refractivity contribution in [3.05, 3.63) is 41.7 Å². The SMILES string of the molecule is COCCNC(=O)CC1CC(C(C)C)C(CNC(=O)c2cccnc2)C=C1C. The molecule has 0 spiro atoms. The van der Waals surface area contributed by atoms with E-state index in [9.17, 15) is 9.59 Å². The lowest BCUT2D eigenvalue weighted by molar-refractivity contribution is -0.122. The fourth-order valence-corrected chi connectivity index (χ4v) is 3.91. The number of nitrogens with zero attached hydrogens (tertiary/aromatic N) is 1. The van der Waals surface area contributed by atoms with E-state index in [0.29, 0.717) is 43.5 Å². The molecule has 0 radical (unpaired) electrons. The van der Waals surface area contributed by atoms with Gasteiger partial charge in [0, 0.05) is 39.0 Å². The van der Waals surface area contributed by atoms with Crippen LogP contribution in [0, 0.1) is 23.7 Å². The molecule has 1 aromatic heterocycles. The summed E-state index contributed by atoms with van der Waals surface area (Å²) >= 11 is 0. The van der Waals surface area contributed by atoms with Crippen LogP contribution >= 0.6 is 0 Å². The molecule has 0 aliphatic heterocycles. The van der Waals surface area contributed by atoms with Crippen LogP contribution in [-0.4, -0.2) is 43.6 Å². The lowest BCUT2D eigenvalue weighted by Gasteiger charge is -2.37. The highest BCUT2D eigenvalue weighted by Gasteiger charge is 2.32. The Morgan fingerprint density at radius 2 is 2.11 bits per heavy atom. The lowest BCUT2D eigenvalue weighted by Crippen LogP contribution is -2.38. The minimum absolute atomic E-state index is 0.0700. The Morgan fingerprint density at radius 3 is 2.75 bits per heavy atom. The topological polar surface area (TPSA) is 80.3 Å². The van der Waals surface area contributed by atoms with Gasteiger partial charge >= 0.3 is 0 Å². The molecular weight excluding hydrogens is 354 g/mol. The van der Waals surface area contributed by atoms with E-state index in [-0.39, 0.29) is 23.7 Å². The number of allylic oxidation sites excluding steroid dienone is 1. The van der Waals surface area contributed by atoms with Gasteiger partial charge in [-0.1, -0.05) is 25.5 Å². The predicted octanol–water partition coefficient (Wildman–Crippen LogP) is 2.82. The van der Waals surface area contributed by atoms with E-state index < -0.39 is 0 Å². The maximum atomic E-state index is 12.3. The molecule has 0 saturated carbocycles. The second kappa shape index (κ2) is 11.0. The number of amides is 2. The van der Waals surface area contributed by atoms with Gasteiger partial charge in [0.05, 0.1) is 12.2 Å². The fourth-order valence-electron chi connectivity index (χ4n) is 3.91. The zero-order valence-electron chi connectivity index (χ0n) is 17.4. The monoisotopic (exact) mass is 387 g/mol. The molecule has 2 rings (SSSR count). The van der Waals surface area contributed by atoms with Gasteiger partial charge in [-0.25, -0.2) is 0 Å². The van der Waals surface area contributed by atoms with Crippen LogP contribution in [0.4, 0.5) is 0 Å². The maximum absolute atomic E-state index is 12.3. The average molecular weight is 388 g/mol. The summed E-state index contributed by atoms with van der Waals surface area (Å²) in [5.74, 6) is 1.40. The number of carbonyl (C=O) groups excluding carboxylic acids is 2. The summed E-state index contributed by atoms with van der Waals surface area (Å²) in [4.78, 5) is 28.6. The van der Waals surface area contributed by atoms with E-state index in [2.05, 4.69) is 42.5 Å². The highest BCUT2D eigenvalue weighted by atomic mass is 16.5. The van der Waals surface area contributed by atoms with Gasteiger partial charge in [-0.3, -0.25) is 14.6 Å². The molecule has 0 fully saturated rings. The highest BCUT2D eigenvalue weighted by molar-refractivity contribution is 5.93. The van der Waals surface area contributed by atoms with Gasteiger partial charge in [0.1, 0.15) is 0 Å². The molecule has 2 amide bonds.